The fraction of sp³-hybridized carbons (Fsp3) is 0.286. The van der Waals surface area contributed by atoms with Gasteiger partial charge in [-0.05, 0) is 60.7 Å². The standard InChI is InChI=1S/C21H24N4O3S/c1-15-13-18(25-11-4-10-24(3)29(25,27)28)7-8-19(15)21(26)22-17-6-5-16-9-12-23(2)20(16)14-17/h5-9,12-14H,4,10-11H2,1-3H3,(H,22,26). The number of aryl methyl sites for hydroxylation is 2. The molecule has 1 aliphatic heterocycles. The number of fused-ring (bicyclic) bond motifs is 1. The predicted molar refractivity (Wildman–Crippen MR) is 116 cm³/mol. The smallest absolute Gasteiger partial charge is 0.303 e. The molecule has 152 valence electrons. The van der Waals surface area contributed by atoms with Crippen LogP contribution in [0.25, 0.3) is 10.9 Å². The van der Waals surface area contributed by atoms with Crippen molar-refractivity contribution in [2.75, 3.05) is 29.8 Å². The van der Waals surface area contributed by atoms with Crippen LogP contribution >= 0.6 is 0 Å². The molecule has 0 aliphatic carbocycles. The number of rotatable bonds is 3. The topological polar surface area (TPSA) is 74.7 Å². The summed E-state index contributed by atoms with van der Waals surface area (Å²) in [5, 5.41) is 4.05. The minimum atomic E-state index is -3.51. The first-order valence-electron chi connectivity index (χ1n) is 9.48. The highest BCUT2D eigenvalue weighted by Gasteiger charge is 2.31. The maximum absolute atomic E-state index is 12.8. The van der Waals surface area contributed by atoms with E-state index in [9.17, 15) is 13.2 Å². The molecule has 1 aromatic heterocycles. The van der Waals surface area contributed by atoms with Crippen molar-refractivity contribution in [1.82, 2.24) is 8.87 Å². The van der Waals surface area contributed by atoms with Crippen LogP contribution in [-0.4, -0.2) is 43.3 Å². The Labute approximate surface area is 170 Å². The van der Waals surface area contributed by atoms with Gasteiger partial charge in [-0.1, -0.05) is 6.07 Å². The maximum atomic E-state index is 12.8. The highest BCUT2D eigenvalue weighted by atomic mass is 32.2. The molecule has 3 aromatic rings. The molecule has 0 unspecified atom stereocenters. The number of anilines is 2. The molecule has 0 radical (unpaired) electrons. The second-order valence-corrected chi connectivity index (χ2v) is 9.37. The van der Waals surface area contributed by atoms with Crippen molar-refractivity contribution in [3.8, 4) is 0 Å². The van der Waals surface area contributed by atoms with E-state index in [0.717, 1.165) is 22.9 Å². The first-order valence-corrected chi connectivity index (χ1v) is 10.9. The molecule has 0 spiro atoms. The van der Waals surface area contributed by atoms with Crippen LogP contribution in [-0.2, 0) is 17.3 Å². The van der Waals surface area contributed by atoms with E-state index in [1.807, 2.05) is 49.0 Å². The monoisotopic (exact) mass is 412 g/mol. The Kier molecular flexibility index (Phi) is 4.84. The summed E-state index contributed by atoms with van der Waals surface area (Å²) in [6, 6.07) is 12.9. The van der Waals surface area contributed by atoms with Crippen LogP contribution in [0.3, 0.4) is 0 Å². The van der Waals surface area contributed by atoms with Gasteiger partial charge in [0.25, 0.3) is 5.91 Å². The lowest BCUT2D eigenvalue weighted by Gasteiger charge is -2.34. The van der Waals surface area contributed by atoms with Gasteiger partial charge < -0.3 is 9.88 Å². The van der Waals surface area contributed by atoms with E-state index < -0.39 is 10.2 Å². The highest BCUT2D eigenvalue weighted by molar-refractivity contribution is 7.90. The largest absolute Gasteiger partial charge is 0.350 e. The fourth-order valence-corrected chi connectivity index (χ4v) is 5.13. The summed E-state index contributed by atoms with van der Waals surface area (Å²) in [4.78, 5) is 12.8. The lowest BCUT2D eigenvalue weighted by Crippen LogP contribution is -2.48. The Morgan fingerprint density at radius 3 is 2.59 bits per heavy atom. The van der Waals surface area contributed by atoms with Crippen LogP contribution in [0.2, 0.25) is 0 Å². The Morgan fingerprint density at radius 1 is 1.03 bits per heavy atom. The van der Waals surface area contributed by atoms with Crippen LogP contribution in [0.15, 0.2) is 48.7 Å². The number of hydrogen-bond donors (Lipinski definition) is 1. The lowest BCUT2D eigenvalue weighted by molar-refractivity contribution is 0.102. The Bertz CT molecular complexity index is 1200. The van der Waals surface area contributed by atoms with Crippen LogP contribution < -0.4 is 9.62 Å². The maximum Gasteiger partial charge on any atom is 0.303 e. The molecule has 1 saturated heterocycles. The molecule has 0 bridgehead atoms. The zero-order chi connectivity index (χ0) is 20.8. The predicted octanol–water partition coefficient (Wildman–Crippen LogP) is 3.13. The van der Waals surface area contributed by atoms with E-state index in [4.69, 9.17) is 0 Å². The number of carbonyl (C=O) groups is 1. The van der Waals surface area contributed by atoms with Gasteiger partial charge in [0.15, 0.2) is 0 Å². The molecule has 29 heavy (non-hydrogen) atoms. The summed E-state index contributed by atoms with van der Waals surface area (Å²) in [5.41, 5.74) is 3.57. The van der Waals surface area contributed by atoms with E-state index in [2.05, 4.69) is 5.32 Å². The van der Waals surface area contributed by atoms with Crippen LogP contribution in [0, 0.1) is 6.92 Å². The molecule has 1 aliphatic rings. The van der Waals surface area contributed by atoms with E-state index in [0.29, 0.717) is 30.0 Å². The first kappa shape index (κ1) is 19.5. The number of carbonyl (C=O) groups excluding carboxylic acids is 1. The van der Waals surface area contributed by atoms with Gasteiger partial charge >= 0.3 is 10.2 Å². The third kappa shape index (κ3) is 3.49. The van der Waals surface area contributed by atoms with Gasteiger partial charge in [-0.3, -0.25) is 9.10 Å². The summed E-state index contributed by atoms with van der Waals surface area (Å²) in [7, 11) is 0.0350. The number of hydrogen-bond acceptors (Lipinski definition) is 3. The second-order valence-electron chi connectivity index (χ2n) is 7.41. The summed E-state index contributed by atoms with van der Waals surface area (Å²) in [5.74, 6) is -0.221. The van der Waals surface area contributed by atoms with Crippen molar-refractivity contribution in [2.24, 2.45) is 7.05 Å². The molecular formula is C21H24N4O3S. The average molecular weight is 413 g/mol. The van der Waals surface area contributed by atoms with Gasteiger partial charge in [-0.25, -0.2) is 0 Å². The summed E-state index contributed by atoms with van der Waals surface area (Å²) >= 11 is 0. The number of amides is 1. The molecule has 2 aromatic carbocycles. The first-order chi connectivity index (χ1) is 13.8. The molecule has 0 saturated carbocycles. The molecule has 0 atom stereocenters. The van der Waals surface area contributed by atoms with Gasteiger partial charge in [0.05, 0.1) is 5.69 Å². The molecule has 1 N–H and O–H groups in total. The van der Waals surface area contributed by atoms with Crippen molar-refractivity contribution in [2.45, 2.75) is 13.3 Å². The molecule has 2 heterocycles. The van der Waals surface area contributed by atoms with Crippen molar-refractivity contribution < 1.29 is 13.2 Å². The molecule has 1 amide bonds. The number of nitrogens with zero attached hydrogens (tertiary/aromatic N) is 3. The minimum absolute atomic E-state index is 0.221. The van der Waals surface area contributed by atoms with Crippen LogP contribution in [0.1, 0.15) is 22.3 Å². The minimum Gasteiger partial charge on any atom is -0.350 e. The van der Waals surface area contributed by atoms with E-state index in [1.165, 1.54) is 8.61 Å². The molecule has 1 fully saturated rings. The zero-order valence-electron chi connectivity index (χ0n) is 16.7. The zero-order valence-corrected chi connectivity index (χ0v) is 17.5. The Morgan fingerprint density at radius 2 is 1.83 bits per heavy atom. The second kappa shape index (κ2) is 7.20. The van der Waals surface area contributed by atoms with Gasteiger partial charge in [0.1, 0.15) is 0 Å². The van der Waals surface area contributed by atoms with Gasteiger partial charge in [-0.2, -0.15) is 12.7 Å². The van der Waals surface area contributed by atoms with Gasteiger partial charge in [0.2, 0.25) is 0 Å². The highest BCUT2D eigenvalue weighted by Crippen LogP contribution is 2.27. The van der Waals surface area contributed by atoms with Gasteiger partial charge in [0, 0.05) is 50.1 Å². The summed E-state index contributed by atoms with van der Waals surface area (Å²) in [6.45, 7) is 2.78. The SMILES string of the molecule is Cc1cc(N2CCCN(C)S2(=O)=O)ccc1C(=O)Nc1ccc2ccn(C)c2c1. The van der Waals surface area contributed by atoms with Crippen molar-refractivity contribution in [1.29, 1.82) is 0 Å². The third-order valence-electron chi connectivity index (χ3n) is 5.40. The average Bonchev–Trinajstić information content (AvgIpc) is 3.04. The van der Waals surface area contributed by atoms with E-state index >= 15 is 0 Å². The van der Waals surface area contributed by atoms with Gasteiger partial charge in [-0.15, -0.1) is 0 Å². The molecular weight excluding hydrogens is 388 g/mol. The lowest BCUT2D eigenvalue weighted by atomic mass is 10.1. The summed E-state index contributed by atoms with van der Waals surface area (Å²) in [6.07, 6.45) is 2.74. The Balaban J connectivity index is 1.58. The normalized spacial score (nSPS) is 16.9. The molecule has 7 nitrogen and oxygen atoms in total. The molecule has 4 rings (SSSR count). The Hall–Kier alpha value is -2.84. The van der Waals surface area contributed by atoms with Crippen molar-refractivity contribution >= 4 is 38.4 Å². The summed E-state index contributed by atoms with van der Waals surface area (Å²) < 4.78 is 29.9. The fourth-order valence-electron chi connectivity index (χ4n) is 3.69. The third-order valence-corrected chi connectivity index (χ3v) is 7.32. The van der Waals surface area contributed by atoms with Crippen molar-refractivity contribution in [3.63, 3.8) is 0 Å². The van der Waals surface area contributed by atoms with Crippen LogP contribution in [0.5, 0.6) is 0 Å². The van der Waals surface area contributed by atoms with E-state index in [-0.39, 0.29) is 5.91 Å². The molecule has 8 heteroatoms. The van der Waals surface area contributed by atoms with Crippen LogP contribution in [0.4, 0.5) is 11.4 Å². The number of nitrogens with one attached hydrogen (secondary N) is 1. The number of aromatic nitrogens is 1. The van der Waals surface area contributed by atoms with Crippen molar-refractivity contribution in [3.05, 3.63) is 59.8 Å². The number of benzene rings is 2. The van der Waals surface area contributed by atoms with E-state index in [1.54, 1.807) is 25.2 Å². The quantitative estimate of drug-likeness (QED) is 0.718.